The molecule has 1 amide bonds. The summed E-state index contributed by atoms with van der Waals surface area (Å²) >= 11 is 0. The summed E-state index contributed by atoms with van der Waals surface area (Å²) in [6, 6.07) is 21.9. The molecule has 0 radical (unpaired) electrons. The molecule has 2 N–H and O–H groups in total. The van der Waals surface area contributed by atoms with Crippen LogP contribution in [0.15, 0.2) is 84.6 Å². The molecule has 6 heteroatoms. The molecule has 1 aliphatic heterocycles. The standard InChI is InChI=1S/C30H28N2O4/c1-3-36-23-14-12-21(13-15-23)28(33)26-27(20-10-8-19(2)9-11-20)32(30(35)29(26)34)17-16-22-18-31-25-7-5-4-6-24(22)25/h4-15,18,27,31,33H,3,16-17H2,1-2H3. The number of hydrogen-bond donors (Lipinski definition) is 2. The van der Waals surface area contributed by atoms with Gasteiger partial charge in [0.2, 0.25) is 0 Å². The number of amides is 1. The Hall–Kier alpha value is -4.32. The number of H-pyrrole nitrogens is 1. The summed E-state index contributed by atoms with van der Waals surface area (Å²) < 4.78 is 5.49. The van der Waals surface area contributed by atoms with Crippen molar-refractivity contribution >= 4 is 28.4 Å². The van der Waals surface area contributed by atoms with Crippen molar-refractivity contribution in [2.75, 3.05) is 13.2 Å². The molecule has 4 aromatic rings. The van der Waals surface area contributed by atoms with E-state index in [2.05, 4.69) is 4.98 Å². The maximum atomic E-state index is 13.3. The number of ketones is 1. The smallest absolute Gasteiger partial charge is 0.295 e. The highest BCUT2D eigenvalue weighted by Gasteiger charge is 2.45. The van der Waals surface area contributed by atoms with Crippen LogP contribution < -0.4 is 4.74 Å². The number of ether oxygens (including phenoxy) is 1. The number of aliphatic hydroxyl groups is 1. The molecule has 3 aromatic carbocycles. The third kappa shape index (κ3) is 4.26. The van der Waals surface area contributed by atoms with E-state index in [1.165, 1.54) is 0 Å². The Morgan fingerprint density at radius 2 is 1.72 bits per heavy atom. The van der Waals surface area contributed by atoms with Crippen molar-refractivity contribution in [2.45, 2.75) is 26.3 Å². The zero-order valence-corrected chi connectivity index (χ0v) is 20.3. The number of aromatic nitrogens is 1. The van der Waals surface area contributed by atoms with Crippen LogP contribution in [0, 0.1) is 6.92 Å². The predicted molar refractivity (Wildman–Crippen MR) is 140 cm³/mol. The van der Waals surface area contributed by atoms with Gasteiger partial charge in [-0.05, 0) is 61.7 Å². The second-order valence-corrected chi connectivity index (χ2v) is 8.97. The fourth-order valence-electron chi connectivity index (χ4n) is 4.82. The average molecular weight is 481 g/mol. The minimum Gasteiger partial charge on any atom is -0.507 e. The summed E-state index contributed by atoms with van der Waals surface area (Å²) in [5.74, 6) is -0.793. The molecule has 0 spiro atoms. The SMILES string of the molecule is CCOc1ccc(C(O)=C2C(=O)C(=O)N(CCc3c[nH]c4ccccc34)C2c2ccc(C)cc2)cc1. The summed E-state index contributed by atoms with van der Waals surface area (Å²) in [6.45, 7) is 4.75. The Morgan fingerprint density at radius 3 is 2.44 bits per heavy atom. The number of carbonyl (C=O) groups excluding carboxylic acids is 2. The number of benzene rings is 3. The molecule has 0 aliphatic carbocycles. The fourth-order valence-corrected chi connectivity index (χ4v) is 4.82. The van der Waals surface area contributed by atoms with Crippen molar-refractivity contribution in [1.82, 2.24) is 9.88 Å². The van der Waals surface area contributed by atoms with E-state index in [-0.39, 0.29) is 11.3 Å². The number of para-hydroxylation sites is 1. The van der Waals surface area contributed by atoms with Gasteiger partial charge < -0.3 is 19.7 Å². The summed E-state index contributed by atoms with van der Waals surface area (Å²) in [6.07, 6.45) is 2.52. The number of fused-ring (bicyclic) bond motifs is 1. The van der Waals surface area contributed by atoms with Crippen molar-refractivity contribution < 1.29 is 19.4 Å². The molecule has 6 nitrogen and oxygen atoms in total. The lowest BCUT2D eigenvalue weighted by atomic mass is 9.94. The largest absolute Gasteiger partial charge is 0.507 e. The molecule has 1 aliphatic rings. The van der Waals surface area contributed by atoms with Crippen molar-refractivity contribution in [3.05, 3.63) is 107 Å². The lowest BCUT2D eigenvalue weighted by Gasteiger charge is -2.25. The minimum atomic E-state index is -0.678. The minimum absolute atomic E-state index is 0.104. The van der Waals surface area contributed by atoms with Crippen molar-refractivity contribution in [2.24, 2.45) is 0 Å². The fraction of sp³-hybridized carbons (Fsp3) is 0.200. The van der Waals surface area contributed by atoms with Crippen LogP contribution in [-0.4, -0.2) is 39.8 Å². The number of aryl methyl sites for hydroxylation is 1. The Labute approximate surface area is 209 Å². The third-order valence-corrected chi connectivity index (χ3v) is 6.67. The van der Waals surface area contributed by atoms with Gasteiger partial charge in [-0.1, -0.05) is 48.0 Å². The second kappa shape index (κ2) is 9.74. The monoisotopic (exact) mass is 480 g/mol. The van der Waals surface area contributed by atoms with E-state index in [0.717, 1.165) is 27.6 Å². The Morgan fingerprint density at radius 1 is 1.00 bits per heavy atom. The van der Waals surface area contributed by atoms with Gasteiger partial charge in [0.15, 0.2) is 0 Å². The molecular weight excluding hydrogens is 452 g/mol. The van der Waals surface area contributed by atoms with Crippen LogP contribution in [0.25, 0.3) is 16.7 Å². The lowest BCUT2D eigenvalue weighted by molar-refractivity contribution is -0.139. The Bertz CT molecular complexity index is 1450. The normalized spacial score (nSPS) is 17.2. The first-order chi connectivity index (χ1) is 17.5. The molecule has 1 aromatic heterocycles. The van der Waals surface area contributed by atoms with E-state index in [9.17, 15) is 14.7 Å². The van der Waals surface area contributed by atoms with Gasteiger partial charge in [0.25, 0.3) is 11.7 Å². The summed E-state index contributed by atoms with van der Waals surface area (Å²) in [5, 5.41) is 12.4. The molecule has 1 fully saturated rings. The number of hydrogen-bond acceptors (Lipinski definition) is 4. The van der Waals surface area contributed by atoms with Crippen LogP contribution in [0.4, 0.5) is 0 Å². The molecule has 1 unspecified atom stereocenters. The van der Waals surface area contributed by atoms with Crippen LogP contribution in [0.5, 0.6) is 5.75 Å². The van der Waals surface area contributed by atoms with Crippen molar-refractivity contribution in [3.8, 4) is 5.75 Å². The lowest BCUT2D eigenvalue weighted by Crippen LogP contribution is -2.31. The van der Waals surface area contributed by atoms with E-state index in [1.54, 1.807) is 29.2 Å². The van der Waals surface area contributed by atoms with Gasteiger partial charge in [-0.25, -0.2) is 0 Å². The highest BCUT2D eigenvalue weighted by atomic mass is 16.5. The van der Waals surface area contributed by atoms with Crippen LogP contribution in [-0.2, 0) is 16.0 Å². The van der Waals surface area contributed by atoms with Gasteiger partial charge in [-0.3, -0.25) is 9.59 Å². The van der Waals surface area contributed by atoms with Crippen LogP contribution in [0.3, 0.4) is 0 Å². The summed E-state index contributed by atoms with van der Waals surface area (Å²) in [7, 11) is 0. The predicted octanol–water partition coefficient (Wildman–Crippen LogP) is 5.54. The Balaban J connectivity index is 1.54. The van der Waals surface area contributed by atoms with Gasteiger partial charge in [0.1, 0.15) is 11.5 Å². The number of nitrogens with one attached hydrogen (secondary N) is 1. The number of Topliss-reactive ketones (excluding diaryl/α,β-unsaturated/α-hetero) is 1. The summed E-state index contributed by atoms with van der Waals surface area (Å²) in [4.78, 5) is 31.4. The van der Waals surface area contributed by atoms with E-state index in [1.807, 2.05) is 68.6 Å². The maximum Gasteiger partial charge on any atom is 0.295 e. The number of nitrogens with zero attached hydrogens (tertiary/aromatic N) is 1. The van der Waals surface area contributed by atoms with Gasteiger partial charge in [0, 0.05) is 29.2 Å². The first kappa shape index (κ1) is 23.4. The molecule has 182 valence electrons. The number of likely N-dealkylation sites (tertiary alicyclic amines) is 1. The Kier molecular flexibility index (Phi) is 6.34. The number of aliphatic hydroxyl groups excluding tert-OH is 1. The van der Waals surface area contributed by atoms with E-state index >= 15 is 0 Å². The molecular formula is C30H28N2O4. The number of aromatic amines is 1. The van der Waals surface area contributed by atoms with Gasteiger partial charge in [-0.2, -0.15) is 0 Å². The third-order valence-electron chi connectivity index (χ3n) is 6.67. The molecule has 36 heavy (non-hydrogen) atoms. The van der Waals surface area contributed by atoms with Crippen molar-refractivity contribution in [1.29, 1.82) is 0 Å². The van der Waals surface area contributed by atoms with E-state index < -0.39 is 17.7 Å². The van der Waals surface area contributed by atoms with Gasteiger partial charge >= 0.3 is 0 Å². The first-order valence-corrected chi connectivity index (χ1v) is 12.1. The maximum absolute atomic E-state index is 13.3. The van der Waals surface area contributed by atoms with Crippen LogP contribution in [0.1, 0.15) is 35.2 Å². The first-order valence-electron chi connectivity index (χ1n) is 12.1. The molecule has 0 bridgehead atoms. The van der Waals surface area contributed by atoms with Crippen LogP contribution >= 0.6 is 0 Å². The molecule has 1 saturated heterocycles. The summed E-state index contributed by atoms with van der Waals surface area (Å²) in [5.41, 5.74) is 4.52. The zero-order chi connectivity index (χ0) is 25.2. The second-order valence-electron chi connectivity index (χ2n) is 8.97. The topological polar surface area (TPSA) is 82.6 Å². The zero-order valence-electron chi connectivity index (χ0n) is 20.3. The molecule has 2 heterocycles. The van der Waals surface area contributed by atoms with E-state index in [4.69, 9.17) is 4.74 Å². The quantitative estimate of drug-likeness (QED) is 0.207. The van der Waals surface area contributed by atoms with Crippen LogP contribution in [0.2, 0.25) is 0 Å². The molecule has 0 saturated carbocycles. The van der Waals surface area contributed by atoms with Gasteiger partial charge in [0.05, 0.1) is 18.2 Å². The molecule has 5 rings (SSSR count). The highest BCUT2D eigenvalue weighted by Crippen LogP contribution is 2.40. The van der Waals surface area contributed by atoms with Crippen molar-refractivity contribution in [3.63, 3.8) is 0 Å². The number of carbonyl (C=O) groups is 2. The molecule has 1 atom stereocenters. The average Bonchev–Trinajstić information content (AvgIpc) is 3.42. The highest BCUT2D eigenvalue weighted by molar-refractivity contribution is 6.46. The van der Waals surface area contributed by atoms with E-state index in [0.29, 0.717) is 30.9 Å². The van der Waals surface area contributed by atoms with Gasteiger partial charge in [-0.15, -0.1) is 0 Å². The number of rotatable bonds is 7.